The molecule has 18 heavy (non-hydrogen) atoms. The van der Waals surface area contributed by atoms with Crippen molar-refractivity contribution in [3.05, 3.63) is 53.6 Å². The quantitative estimate of drug-likeness (QED) is 0.759. The van der Waals surface area contributed by atoms with Gasteiger partial charge in [0.1, 0.15) is 17.5 Å². The van der Waals surface area contributed by atoms with Crippen LogP contribution in [-0.4, -0.2) is 16.5 Å². The Morgan fingerprint density at radius 2 is 2.17 bits per heavy atom. The second-order valence-electron chi connectivity index (χ2n) is 4.25. The topological polar surface area (TPSA) is 52.7 Å². The molecule has 1 aromatic carbocycles. The minimum atomic E-state index is -0.572. The normalized spacial score (nSPS) is 23.4. The van der Waals surface area contributed by atoms with Crippen LogP contribution in [0, 0.1) is 11.6 Å². The Labute approximate surface area is 102 Å². The van der Waals surface area contributed by atoms with Crippen molar-refractivity contribution in [3.63, 3.8) is 0 Å². The molecule has 2 unspecified atom stereocenters. The summed E-state index contributed by atoms with van der Waals surface area (Å²) in [5.41, 5.74) is 6.41. The Morgan fingerprint density at radius 3 is 2.89 bits per heavy atom. The first-order valence-corrected chi connectivity index (χ1v) is 5.68. The van der Waals surface area contributed by atoms with Gasteiger partial charge >= 0.3 is 0 Å². The summed E-state index contributed by atoms with van der Waals surface area (Å²) in [6, 6.07) is 3.36. The van der Waals surface area contributed by atoms with Crippen molar-refractivity contribution in [2.45, 2.75) is 12.0 Å². The third-order valence-corrected chi connectivity index (χ3v) is 3.15. The number of hydrazine groups is 1. The molecule has 1 aliphatic heterocycles. The summed E-state index contributed by atoms with van der Waals surface area (Å²) in [6.07, 6.45) is 3.39. The number of halogens is 2. The monoisotopic (exact) mass is 250 g/mol. The van der Waals surface area contributed by atoms with Gasteiger partial charge in [0.05, 0.1) is 12.0 Å². The number of imidazole rings is 1. The molecule has 2 atom stereocenters. The molecular formula is C12H12F2N4. The number of aromatic amines is 1. The molecule has 3 N–H and O–H groups in total. The van der Waals surface area contributed by atoms with E-state index in [1.165, 1.54) is 12.1 Å². The van der Waals surface area contributed by atoms with Crippen LogP contribution in [-0.2, 0) is 0 Å². The maximum Gasteiger partial charge on any atom is 0.130 e. The van der Waals surface area contributed by atoms with Crippen LogP contribution in [0.25, 0.3) is 0 Å². The lowest BCUT2D eigenvalue weighted by atomic mass is 9.94. The van der Waals surface area contributed by atoms with Gasteiger partial charge in [0.15, 0.2) is 0 Å². The number of hydrogen-bond acceptors (Lipinski definition) is 3. The molecule has 94 valence electrons. The molecule has 0 bridgehead atoms. The van der Waals surface area contributed by atoms with Gasteiger partial charge in [-0.15, -0.1) is 0 Å². The molecule has 2 heterocycles. The fraction of sp³-hybridized carbons (Fsp3) is 0.250. The molecule has 0 aliphatic carbocycles. The summed E-state index contributed by atoms with van der Waals surface area (Å²) >= 11 is 0. The van der Waals surface area contributed by atoms with Crippen LogP contribution in [0.4, 0.5) is 8.78 Å². The molecule has 2 aromatic rings. The van der Waals surface area contributed by atoms with E-state index >= 15 is 0 Å². The number of rotatable bonds is 2. The molecule has 1 aromatic heterocycles. The summed E-state index contributed by atoms with van der Waals surface area (Å²) in [7, 11) is 0. The van der Waals surface area contributed by atoms with Crippen molar-refractivity contribution in [1.82, 2.24) is 20.8 Å². The van der Waals surface area contributed by atoms with Crippen LogP contribution in [0.1, 0.15) is 23.3 Å². The maximum absolute atomic E-state index is 13.8. The molecule has 0 radical (unpaired) electrons. The third-order valence-electron chi connectivity index (χ3n) is 3.15. The van der Waals surface area contributed by atoms with Gasteiger partial charge in [0.25, 0.3) is 0 Å². The molecule has 0 saturated carbocycles. The van der Waals surface area contributed by atoms with E-state index in [2.05, 4.69) is 20.8 Å². The lowest BCUT2D eigenvalue weighted by Crippen LogP contribution is -2.25. The van der Waals surface area contributed by atoms with E-state index in [1.54, 1.807) is 12.4 Å². The maximum atomic E-state index is 13.8. The van der Waals surface area contributed by atoms with Crippen molar-refractivity contribution < 1.29 is 8.78 Å². The van der Waals surface area contributed by atoms with E-state index in [1.807, 2.05) is 0 Å². The van der Waals surface area contributed by atoms with Gasteiger partial charge in [-0.05, 0) is 6.07 Å². The summed E-state index contributed by atoms with van der Waals surface area (Å²) in [5, 5.41) is 0. The van der Waals surface area contributed by atoms with Crippen LogP contribution in [0.2, 0.25) is 0 Å². The number of nitrogens with one attached hydrogen (secondary N) is 3. The van der Waals surface area contributed by atoms with Crippen molar-refractivity contribution in [2.75, 3.05) is 6.54 Å². The smallest absolute Gasteiger partial charge is 0.130 e. The zero-order chi connectivity index (χ0) is 12.5. The van der Waals surface area contributed by atoms with E-state index in [0.717, 1.165) is 11.9 Å². The number of hydrogen-bond donors (Lipinski definition) is 3. The molecule has 4 nitrogen and oxygen atoms in total. The first kappa shape index (κ1) is 11.3. The second kappa shape index (κ2) is 4.47. The standard InChI is InChI=1S/C12H12F2N4/c13-7-1-2-8(10(14)5-7)11-9(6-17-18-11)12-15-3-4-16-12/h1-5,9,11,17-18H,6H2,(H,15,16). The Morgan fingerprint density at radius 1 is 1.28 bits per heavy atom. The molecule has 3 rings (SSSR count). The Kier molecular flexibility index (Phi) is 2.81. The summed E-state index contributed by atoms with van der Waals surface area (Å²) in [4.78, 5) is 7.21. The van der Waals surface area contributed by atoms with Gasteiger partial charge in [0, 0.05) is 30.6 Å². The molecule has 0 amide bonds. The highest BCUT2D eigenvalue weighted by molar-refractivity contribution is 5.26. The van der Waals surface area contributed by atoms with E-state index in [0.29, 0.717) is 12.1 Å². The molecular weight excluding hydrogens is 238 g/mol. The highest BCUT2D eigenvalue weighted by atomic mass is 19.1. The van der Waals surface area contributed by atoms with Crippen LogP contribution in [0.5, 0.6) is 0 Å². The number of nitrogens with zero attached hydrogens (tertiary/aromatic N) is 1. The van der Waals surface area contributed by atoms with Gasteiger partial charge in [0.2, 0.25) is 0 Å². The SMILES string of the molecule is Fc1ccc(C2NNCC2c2ncc[nH]2)c(F)c1. The lowest BCUT2D eigenvalue weighted by molar-refractivity contribution is 0.498. The lowest BCUT2D eigenvalue weighted by Gasteiger charge is -2.17. The van der Waals surface area contributed by atoms with Crippen LogP contribution in [0.15, 0.2) is 30.6 Å². The number of benzene rings is 1. The predicted octanol–water partition coefficient (Wildman–Crippen LogP) is 1.62. The fourth-order valence-electron chi connectivity index (χ4n) is 2.28. The highest BCUT2D eigenvalue weighted by Gasteiger charge is 2.33. The molecule has 1 aliphatic rings. The number of aromatic nitrogens is 2. The average Bonchev–Trinajstić information content (AvgIpc) is 2.98. The molecule has 1 saturated heterocycles. The minimum Gasteiger partial charge on any atom is -0.348 e. The number of H-pyrrole nitrogens is 1. The Hall–Kier alpha value is -1.79. The third kappa shape index (κ3) is 1.89. The van der Waals surface area contributed by atoms with Gasteiger partial charge in [-0.3, -0.25) is 5.43 Å². The zero-order valence-corrected chi connectivity index (χ0v) is 9.45. The van der Waals surface area contributed by atoms with Gasteiger partial charge < -0.3 is 4.98 Å². The van der Waals surface area contributed by atoms with Crippen molar-refractivity contribution in [3.8, 4) is 0 Å². The zero-order valence-electron chi connectivity index (χ0n) is 9.45. The summed E-state index contributed by atoms with van der Waals surface area (Å²) < 4.78 is 26.7. The van der Waals surface area contributed by atoms with Gasteiger partial charge in [-0.2, -0.15) is 0 Å². The second-order valence-corrected chi connectivity index (χ2v) is 4.25. The summed E-state index contributed by atoms with van der Waals surface area (Å²) in [6.45, 7) is 0.634. The first-order valence-electron chi connectivity index (χ1n) is 5.68. The molecule has 0 spiro atoms. The van der Waals surface area contributed by atoms with E-state index in [-0.39, 0.29) is 12.0 Å². The van der Waals surface area contributed by atoms with E-state index < -0.39 is 11.6 Å². The van der Waals surface area contributed by atoms with Crippen LogP contribution >= 0.6 is 0 Å². The van der Waals surface area contributed by atoms with Crippen LogP contribution < -0.4 is 10.9 Å². The van der Waals surface area contributed by atoms with E-state index in [9.17, 15) is 8.78 Å². The predicted molar refractivity (Wildman–Crippen MR) is 61.6 cm³/mol. The van der Waals surface area contributed by atoms with Gasteiger partial charge in [-0.25, -0.2) is 19.2 Å². The highest BCUT2D eigenvalue weighted by Crippen LogP contribution is 2.32. The Balaban J connectivity index is 1.95. The Bertz CT molecular complexity index is 541. The first-order chi connectivity index (χ1) is 8.75. The largest absolute Gasteiger partial charge is 0.348 e. The van der Waals surface area contributed by atoms with Crippen molar-refractivity contribution >= 4 is 0 Å². The fourth-order valence-corrected chi connectivity index (χ4v) is 2.28. The van der Waals surface area contributed by atoms with Crippen molar-refractivity contribution in [1.29, 1.82) is 0 Å². The van der Waals surface area contributed by atoms with E-state index in [4.69, 9.17) is 0 Å². The molecule has 6 heteroatoms. The van der Waals surface area contributed by atoms with Crippen LogP contribution in [0.3, 0.4) is 0 Å². The average molecular weight is 250 g/mol. The van der Waals surface area contributed by atoms with Gasteiger partial charge in [-0.1, -0.05) is 6.07 Å². The van der Waals surface area contributed by atoms with Crippen molar-refractivity contribution in [2.24, 2.45) is 0 Å². The molecule has 1 fully saturated rings. The minimum absolute atomic E-state index is 0.0139. The summed E-state index contributed by atoms with van der Waals surface area (Å²) in [5.74, 6) is -0.356.